The van der Waals surface area contributed by atoms with Crippen LogP contribution < -0.4 is 11.3 Å². The lowest BCUT2D eigenvalue weighted by atomic mass is 9.98. The molecule has 0 bridgehead atoms. The highest BCUT2D eigenvalue weighted by Crippen LogP contribution is 2.36. The van der Waals surface area contributed by atoms with E-state index in [1.807, 2.05) is 0 Å². The summed E-state index contributed by atoms with van der Waals surface area (Å²) in [4.78, 5) is 0. The van der Waals surface area contributed by atoms with Crippen LogP contribution in [-0.4, -0.2) is 0 Å². The Morgan fingerprint density at radius 3 is 2.37 bits per heavy atom. The first kappa shape index (κ1) is 14.1. The smallest absolute Gasteiger partial charge is 0.416 e. The van der Waals surface area contributed by atoms with E-state index in [2.05, 4.69) is 21.4 Å². The fraction of sp³-hybridized carbons (Fsp3) is 0.167. The Kier molecular flexibility index (Phi) is 3.98. The maximum atomic E-state index is 13.0. The number of furan rings is 1. The monoisotopic (exact) mass is 334 g/mol. The lowest BCUT2D eigenvalue weighted by Crippen LogP contribution is -2.30. The fourth-order valence-corrected chi connectivity index (χ4v) is 2.13. The van der Waals surface area contributed by atoms with Gasteiger partial charge in [-0.05, 0) is 39.7 Å². The van der Waals surface area contributed by atoms with Gasteiger partial charge in [0.2, 0.25) is 0 Å². The fourth-order valence-electron chi connectivity index (χ4n) is 1.82. The van der Waals surface area contributed by atoms with E-state index in [4.69, 9.17) is 10.3 Å². The number of benzene rings is 1. The molecule has 1 unspecified atom stereocenters. The lowest BCUT2D eigenvalue weighted by molar-refractivity contribution is -0.138. The van der Waals surface area contributed by atoms with E-state index in [0.717, 1.165) is 6.07 Å². The third-order valence-corrected chi connectivity index (χ3v) is 3.05. The zero-order chi connectivity index (χ0) is 14.0. The molecule has 0 aliphatic heterocycles. The SMILES string of the molecule is NNC(c1ccc(Br)o1)c1ccccc1C(F)(F)F. The Balaban J connectivity index is 2.50. The van der Waals surface area contributed by atoms with Gasteiger partial charge in [-0.1, -0.05) is 18.2 Å². The van der Waals surface area contributed by atoms with Gasteiger partial charge in [-0.3, -0.25) is 5.84 Å². The van der Waals surface area contributed by atoms with Crippen LogP contribution in [0.15, 0.2) is 45.5 Å². The summed E-state index contributed by atoms with van der Waals surface area (Å²) in [5.41, 5.74) is 1.61. The average molecular weight is 335 g/mol. The maximum absolute atomic E-state index is 13.0. The molecule has 3 N–H and O–H groups in total. The van der Waals surface area contributed by atoms with Crippen molar-refractivity contribution in [2.75, 3.05) is 0 Å². The Labute approximate surface area is 115 Å². The zero-order valence-corrected chi connectivity index (χ0v) is 11.1. The number of hydrogen-bond acceptors (Lipinski definition) is 3. The second-order valence-corrected chi connectivity index (χ2v) is 4.61. The molecule has 19 heavy (non-hydrogen) atoms. The van der Waals surface area contributed by atoms with Gasteiger partial charge >= 0.3 is 6.18 Å². The van der Waals surface area contributed by atoms with Gasteiger partial charge in [0.05, 0.1) is 5.56 Å². The quantitative estimate of drug-likeness (QED) is 0.665. The molecule has 2 aromatic rings. The molecule has 0 radical (unpaired) electrons. The van der Waals surface area contributed by atoms with Crippen LogP contribution in [0.5, 0.6) is 0 Å². The first-order chi connectivity index (χ1) is 8.93. The van der Waals surface area contributed by atoms with Crippen LogP contribution in [0.1, 0.15) is 22.9 Å². The van der Waals surface area contributed by atoms with Crippen molar-refractivity contribution in [1.82, 2.24) is 5.43 Å². The molecule has 1 aromatic carbocycles. The van der Waals surface area contributed by atoms with E-state index >= 15 is 0 Å². The molecular weight excluding hydrogens is 325 g/mol. The molecule has 0 saturated carbocycles. The number of hydrazine groups is 1. The number of rotatable bonds is 3. The molecule has 0 amide bonds. The summed E-state index contributed by atoms with van der Waals surface area (Å²) >= 11 is 3.10. The number of alkyl halides is 3. The van der Waals surface area contributed by atoms with Crippen LogP contribution in [-0.2, 0) is 6.18 Å². The van der Waals surface area contributed by atoms with Gasteiger partial charge in [0.15, 0.2) is 4.67 Å². The summed E-state index contributed by atoms with van der Waals surface area (Å²) in [5.74, 6) is 5.66. The van der Waals surface area contributed by atoms with Gasteiger partial charge in [0.25, 0.3) is 0 Å². The molecule has 3 nitrogen and oxygen atoms in total. The Morgan fingerprint density at radius 1 is 1.16 bits per heavy atom. The van der Waals surface area contributed by atoms with Gasteiger partial charge < -0.3 is 4.42 Å². The first-order valence-electron chi connectivity index (χ1n) is 5.31. The second-order valence-electron chi connectivity index (χ2n) is 3.83. The molecule has 1 heterocycles. The molecule has 7 heteroatoms. The van der Waals surface area contributed by atoms with Crippen molar-refractivity contribution >= 4 is 15.9 Å². The largest absolute Gasteiger partial charge is 0.452 e. The van der Waals surface area contributed by atoms with Gasteiger partial charge in [0, 0.05) is 0 Å². The Bertz CT molecular complexity index is 568. The molecule has 0 fully saturated rings. The van der Waals surface area contributed by atoms with Gasteiger partial charge in [-0.15, -0.1) is 0 Å². The molecule has 0 saturated heterocycles. The highest BCUT2D eigenvalue weighted by atomic mass is 79.9. The summed E-state index contributed by atoms with van der Waals surface area (Å²) in [6, 6.07) is 7.51. The minimum atomic E-state index is -4.45. The second kappa shape index (κ2) is 5.36. The number of halogens is 4. The van der Waals surface area contributed by atoms with Crippen molar-refractivity contribution < 1.29 is 17.6 Å². The highest BCUT2D eigenvalue weighted by Gasteiger charge is 2.35. The molecule has 0 spiro atoms. The summed E-state index contributed by atoms with van der Waals surface area (Å²) in [6.07, 6.45) is -4.45. The predicted octanol–water partition coefficient (Wildman–Crippen LogP) is 3.61. The minimum absolute atomic E-state index is 0.0133. The van der Waals surface area contributed by atoms with E-state index < -0.39 is 17.8 Å². The van der Waals surface area contributed by atoms with Crippen molar-refractivity contribution in [1.29, 1.82) is 0 Å². The number of hydrogen-bond donors (Lipinski definition) is 2. The van der Waals surface area contributed by atoms with E-state index in [9.17, 15) is 13.2 Å². The van der Waals surface area contributed by atoms with Crippen LogP contribution in [0.25, 0.3) is 0 Å². The average Bonchev–Trinajstić information content (AvgIpc) is 2.76. The Hall–Kier alpha value is -1.31. The maximum Gasteiger partial charge on any atom is 0.416 e. The van der Waals surface area contributed by atoms with Gasteiger partial charge in [-0.25, -0.2) is 5.43 Å². The zero-order valence-electron chi connectivity index (χ0n) is 9.54. The summed E-state index contributed by atoms with van der Waals surface area (Å²) in [7, 11) is 0. The van der Waals surface area contributed by atoms with Crippen LogP contribution >= 0.6 is 15.9 Å². The Morgan fingerprint density at radius 2 is 1.84 bits per heavy atom. The van der Waals surface area contributed by atoms with Crippen LogP contribution in [0.3, 0.4) is 0 Å². The summed E-state index contributed by atoms with van der Waals surface area (Å²) in [6.45, 7) is 0. The molecule has 0 aliphatic carbocycles. The lowest BCUT2D eigenvalue weighted by Gasteiger charge is -2.19. The van der Waals surface area contributed by atoms with E-state index in [1.54, 1.807) is 12.1 Å². The molecular formula is C12H10BrF3N2O. The highest BCUT2D eigenvalue weighted by molar-refractivity contribution is 9.10. The van der Waals surface area contributed by atoms with Crippen molar-refractivity contribution in [2.24, 2.45) is 5.84 Å². The molecule has 1 aromatic heterocycles. The van der Waals surface area contributed by atoms with Gasteiger partial charge in [-0.2, -0.15) is 13.2 Å². The molecule has 0 aliphatic rings. The third kappa shape index (κ3) is 2.99. The van der Waals surface area contributed by atoms with E-state index in [-0.39, 0.29) is 5.56 Å². The first-order valence-corrected chi connectivity index (χ1v) is 6.10. The van der Waals surface area contributed by atoms with Crippen LogP contribution in [0.2, 0.25) is 0 Å². The van der Waals surface area contributed by atoms with Gasteiger partial charge in [0.1, 0.15) is 11.8 Å². The molecule has 1 atom stereocenters. The standard InChI is InChI=1S/C12H10BrF3N2O/c13-10-6-5-9(19-10)11(18-17)7-3-1-2-4-8(7)12(14,15)16/h1-6,11,18H,17H2. The topological polar surface area (TPSA) is 51.2 Å². The third-order valence-electron chi connectivity index (χ3n) is 2.62. The normalized spacial score (nSPS) is 13.5. The molecule has 2 rings (SSSR count). The number of nitrogens with two attached hydrogens (primary N) is 1. The summed E-state index contributed by atoms with van der Waals surface area (Å²) in [5, 5.41) is 0. The van der Waals surface area contributed by atoms with Crippen molar-refractivity contribution in [2.45, 2.75) is 12.2 Å². The van der Waals surface area contributed by atoms with Crippen molar-refractivity contribution in [3.05, 3.63) is 58.0 Å². The van der Waals surface area contributed by atoms with E-state index in [0.29, 0.717) is 10.4 Å². The van der Waals surface area contributed by atoms with E-state index in [1.165, 1.54) is 18.2 Å². The van der Waals surface area contributed by atoms with Crippen LogP contribution in [0.4, 0.5) is 13.2 Å². The predicted molar refractivity (Wildman–Crippen MR) is 67.0 cm³/mol. The summed E-state index contributed by atoms with van der Waals surface area (Å²) < 4.78 is 44.6. The minimum Gasteiger partial charge on any atom is -0.452 e. The van der Waals surface area contributed by atoms with Crippen LogP contribution in [0, 0.1) is 0 Å². The molecule has 102 valence electrons. The van der Waals surface area contributed by atoms with Crippen molar-refractivity contribution in [3.63, 3.8) is 0 Å². The number of nitrogens with one attached hydrogen (secondary N) is 1. The van der Waals surface area contributed by atoms with Crippen molar-refractivity contribution in [3.8, 4) is 0 Å².